The van der Waals surface area contributed by atoms with Gasteiger partial charge in [-0.25, -0.2) is 0 Å². The lowest BCUT2D eigenvalue weighted by molar-refractivity contribution is -0.137. The van der Waals surface area contributed by atoms with Crippen LogP contribution in [0.2, 0.25) is 0 Å². The Balaban J connectivity index is 2.45. The topological polar surface area (TPSA) is 67.9 Å². The normalized spacial score (nSPS) is 17.7. The van der Waals surface area contributed by atoms with Crippen molar-refractivity contribution in [2.75, 3.05) is 14.2 Å². The number of hydrogen-bond donors (Lipinski definition) is 1. The van der Waals surface area contributed by atoms with E-state index in [0.29, 0.717) is 17.2 Å². The molecule has 23 heavy (non-hydrogen) atoms. The predicted octanol–water partition coefficient (Wildman–Crippen LogP) is 2.01. The Morgan fingerprint density at radius 3 is 2.39 bits per heavy atom. The maximum Gasteiger partial charge on any atom is 0.247 e. The van der Waals surface area contributed by atoms with Crippen molar-refractivity contribution in [2.45, 2.75) is 26.8 Å². The highest BCUT2D eigenvalue weighted by Gasteiger charge is 2.34. The number of amides is 2. The zero-order chi connectivity index (χ0) is 17.1. The number of nitrogens with one attached hydrogen (secondary N) is 1. The summed E-state index contributed by atoms with van der Waals surface area (Å²) in [6, 6.07) is 4.82. The van der Waals surface area contributed by atoms with Crippen molar-refractivity contribution < 1.29 is 19.1 Å². The van der Waals surface area contributed by atoms with E-state index in [0.717, 1.165) is 5.56 Å². The smallest absolute Gasteiger partial charge is 0.247 e. The largest absolute Gasteiger partial charge is 0.493 e. The number of benzene rings is 1. The first-order valence-electron chi connectivity index (χ1n) is 7.43. The van der Waals surface area contributed by atoms with Gasteiger partial charge >= 0.3 is 0 Å². The van der Waals surface area contributed by atoms with Gasteiger partial charge in [0.05, 0.1) is 19.9 Å². The van der Waals surface area contributed by atoms with Crippen LogP contribution in [0.3, 0.4) is 0 Å². The van der Waals surface area contributed by atoms with E-state index in [1.54, 1.807) is 32.6 Å². The van der Waals surface area contributed by atoms with Gasteiger partial charge in [0.15, 0.2) is 11.5 Å². The number of carbonyl (C=O) groups is 2. The van der Waals surface area contributed by atoms with Crippen LogP contribution < -0.4 is 14.8 Å². The van der Waals surface area contributed by atoms with Crippen molar-refractivity contribution in [1.29, 1.82) is 0 Å². The predicted molar refractivity (Wildman–Crippen MR) is 86.8 cm³/mol. The molecule has 1 heterocycles. The third kappa shape index (κ3) is 3.31. The fraction of sp³-hybridized carbons (Fsp3) is 0.412. The summed E-state index contributed by atoms with van der Waals surface area (Å²) < 4.78 is 10.5. The third-order valence-corrected chi connectivity index (χ3v) is 3.78. The van der Waals surface area contributed by atoms with Crippen molar-refractivity contribution in [3.63, 3.8) is 0 Å². The molecule has 0 aliphatic carbocycles. The summed E-state index contributed by atoms with van der Waals surface area (Å²) in [6.45, 7) is 5.28. The number of methoxy groups -OCH3 is 2. The molecular weight excluding hydrogens is 296 g/mol. The van der Waals surface area contributed by atoms with Gasteiger partial charge < -0.3 is 19.7 Å². The van der Waals surface area contributed by atoms with Gasteiger partial charge in [-0.15, -0.1) is 0 Å². The Kier molecular flexibility index (Phi) is 4.93. The maximum atomic E-state index is 12.4. The monoisotopic (exact) mass is 318 g/mol. The molecule has 1 N–H and O–H groups in total. The van der Waals surface area contributed by atoms with Crippen LogP contribution in [-0.2, 0) is 9.59 Å². The third-order valence-electron chi connectivity index (χ3n) is 3.78. The van der Waals surface area contributed by atoms with Gasteiger partial charge in [0.2, 0.25) is 11.8 Å². The molecule has 1 aliphatic heterocycles. The van der Waals surface area contributed by atoms with Gasteiger partial charge in [-0.05, 0) is 24.1 Å². The second-order valence-corrected chi connectivity index (χ2v) is 5.72. The van der Waals surface area contributed by atoms with E-state index in [1.165, 1.54) is 11.8 Å². The fourth-order valence-electron chi connectivity index (χ4n) is 2.65. The van der Waals surface area contributed by atoms with Gasteiger partial charge in [-0.1, -0.05) is 13.8 Å². The summed E-state index contributed by atoms with van der Waals surface area (Å²) >= 11 is 0. The van der Waals surface area contributed by atoms with E-state index in [1.807, 2.05) is 19.9 Å². The lowest BCUT2D eigenvalue weighted by Gasteiger charge is -2.35. The standard InChI is InChI=1S/C17H22N2O4/c1-10(2)16-17(21)18-13(9-19(16)11(3)20)12-6-7-14(22-4)15(8-12)23-5/h6-10,16H,1-5H3,(H,18,21). The van der Waals surface area contributed by atoms with Gasteiger partial charge in [0.1, 0.15) is 6.04 Å². The number of rotatable bonds is 4. The summed E-state index contributed by atoms with van der Waals surface area (Å²) in [4.78, 5) is 25.8. The van der Waals surface area contributed by atoms with Crippen LogP contribution in [0.15, 0.2) is 24.4 Å². The van der Waals surface area contributed by atoms with Crippen molar-refractivity contribution in [1.82, 2.24) is 10.2 Å². The molecule has 0 bridgehead atoms. The first-order valence-corrected chi connectivity index (χ1v) is 7.43. The molecule has 1 atom stereocenters. The Bertz CT molecular complexity index is 652. The maximum absolute atomic E-state index is 12.4. The van der Waals surface area contributed by atoms with E-state index in [-0.39, 0.29) is 17.7 Å². The van der Waals surface area contributed by atoms with Crippen LogP contribution in [-0.4, -0.2) is 37.0 Å². The molecule has 1 aromatic carbocycles. The average molecular weight is 318 g/mol. The minimum Gasteiger partial charge on any atom is -0.493 e. The first kappa shape index (κ1) is 16.9. The van der Waals surface area contributed by atoms with Crippen LogP contribution in [0.25, 0.3) is 5.70 Å². The molecule has 2 amide bonds. The van der Waals surface area contributed by atoms with Gasteiger partial charge in [-0.2, -0.15) is 0 Å². The van der Waals surface area contributed by atoms with E-state index in [2.05, 4.69) is 5.32 Å². The van der Waals surface area contributed by atoms with Crippen molar-refractivity contribution in [3.05, 3.63) is 30.0 Å². The summed E-state index contributed by atoms with van der Waals surface area (Å²) in [5.74, 6) is 0.809. The highest BCUT2D eigenvalue weighted by Crippen LogP contribution is 2.31. The van der Waals surface area contributed by atoms with E-state index in [4.69, 9.17) is 9.47 Å². The molecule has 124 valence electrons. The molecular formula is C17H22N2O4. The van der Waals surface area contributed by atoms with Crippen LogP contribution in [0, 0.1) is 5.92 Å². The molecule has 1 unspecified atom stereocenters. The number of nitrogens with zero attached hydrogens (tertiary/aromatic N) is 1. The molecule has 2 rings (SSSR count). The lowest BCUT2D eigenvalue weighted by Crippen LogP contribution is -2.52. The zero-order valence-corrected chi connectivity index (χ0v) is 14.0. The Morgan fingerprint density at radius 1 is 1.22 bits per heavy atom. The number of carbonyl (C=O) groups excluding carboxylic acids is 2. The SMILES string of the molecule is COc1ccc(C2=CN(C(C)=O)C(C(C)C)C(=O)N2)cc1OC. The van der Waals surface area contributed by atoms with Crippen LogP contribution in [0.1, 0.15) is 26.3 Å². The van der Waals surface area contributed by atoms with Gasteiger partial charge in [0.25, 0.3) is 0 Å². The number of hydrogen-bond acceptors (Lipinski definition) is 4. The summed E-state index contributed by atoms with van der Waals surface area (Å²) in [5.41, 5.74) is 1.30. The Hall–Kier alpha value is -2.50. The second-order valence-electron chi connectivity index (χ2n) is 5.72. The average Bonchev–Trinajstić information content (AvgIpc) is 2.52. The van der Waals surface area contributed by atoms with Crippen LogP contribution >= 0.6 is 0 Å². The fourth-order valence-corrected chi connectivity index (χ4v) is 2.65. The molecule has 0 aromatic heterocycles. The van der Waals surface area contributed by atoms with Gasteiger partial charge in [0, 0.05) is 18.7 Å². The lowest BCUT2D eigenvalue weighted by atomic mass is 9.98. The molecule has 0 saturated heterocycles. The molecule has 0 radical (unpaired) electrons. The van der Waals surface area contributed by atoms with Crippen molar-refractivity contribution in [2.24, 2.45) is 5.92 Å². The van der Waals surface area contributed by atoms with E-state index < -0.39 is 6.04 Å². The van der Waals surface area contributed by atoms with E-state index >= 15 is 0 Å². The van der Waals surface area contributed by atoms with Crippen molar-refractivity contribution >= 4 is 17.5 Å². The molecule has 1 aliphatic rings. The van der Waals surface area contributed by atoms with Crippen LogP contribution in [0.5, 0.6) is 11.5 Å². The van der Waals surface area contributed by atoms with Crippen LogP contribution in [0.4, 0.5) is 0 Å². The highest BCUT2D eigenvalue weighted by atomic mass is 16.5. The van der Waals surface area contributed by atoms with Crippen molar-refractivity contribution in [3.8, 4) is 11.5 Å². The minimum atomic E-state index is -0.503. The Morgan fingerprint density at radius 2 is 1.87 bits per heavy atom. The van der Waals surface area contributed by atoms with E-state index in [9.17, 15) is 9.59 Å². The second kappa shape index (κ2) is 6.73. The molecule has 1 aromatic rings. The highest BCUT2D eigenvalue weighted by molar-refractivity contribution is 5.96. The molecule has 6 nitrogen and oxygen atoms in total. The van der Waals surface area contributed by atoms with Gasteiger partial charge in [-0.3, -0.25) is 9.59 Å². The molecule has 0 saturated carbocycles. The Labute approximate surface area is 136 Å². The quantitative estimate of drug-likeness (QED) is 0.922. The summed E-state index contributed by atoms with van der Waals surface area (Å²) in [6.07, 6.45) is 1.68. The molecule has 0 fully saturated rings. The number of ether oxygens (including phenoxy) is 2. The summed E-state index contributed by atoms with van der Waals surface area (Å²) in [7, 11) is 3.11. The zero-order valence-electron chi connectivity index (χ0n) is 14.0. The molecule has 6 heteroatoms. The molecule has 0 spiro atoms. The first-order chi connectivity index (χ1) is 10.9. The summed E-state index contributed by atoms with van der Waals surface area (Å²) in [5, 5.41) is 2.87. The minimum absolute atomic E-state index is 0.0158.